The fourth-order valence-electron chi connectivity index (χ4n) is 3.41. The molecule has 28 heavy (non-hydrogen) atoms. The van der Waals surface area contributed by atoms with E-state index in [0.29, 0.717) is 17.0 Å². The van der Waals surface area contributed by atoms with Gasteiger partial charge in [-0.15, -0.1) is 11.3 Å². The molecule has 0 aliphatic carbocycles. The number of hydrogen-bond donors (Lipinski definition) is 1. The van der Waals surface area contributed by atoms with Gasteiger partial charge in [0.05, 0.1) is 17.9 Å². The molecule has 1 aliphatic rings. The summed E-state index contributed by atoms with van der Waals surface area (Å²) in [5, 5.41) is 11.2. The Kier molecular flexibility index (Phi) is 6.16. The second-order valence-corrected chi connectivity index (χ2v) is 7.43. The molecule has 2 heterocycles. The molecule has 0 spiro atoms. The van der Waals surface area contributed by atoms with Crippen LogP contribution < -0.4 is 9.80 Å². The van der Waals surface area contributed by atoms with Crippen LogP contribution in [0, 0.1) is 0 Å². The number of rotatable bonds is 8. The molecular formula is C21H25N3O3S. The average Bonchev–Trinajstić information content (AvgIpc) is 3.30. The maximum atomic E-state index is 13.2. The highest BCUT2D eigenvalue weighted by Crippen LogP contribution is 2.36. The molecule has 0 unspecified atom stereocenters. The molecule has 1 aromatic carbocycles. The van der Waals surface area contributed by atoms with Crippen molar-refractivity contribution in [2.75, 3.05) is 43.1 Å². The zero-order chi connectivity index (χ0) is 20.3. The Morgan fingerprint density at radius 2 is 1.71 bits per heavy atom. The van der Waals surface area contributed by atoms with Gasteiger partial charge in [0.25, 0.3) is 11.8 Å². The summed E-state index contributed by atoms with van der Waals surface area (Å²) in [4.78, 5) is 32.2. The molecule has 0 saturated carbocycles. The predicted octanol–water partition coefficient (Wildman–Crippen LogP) is 2.80. The number of carbonyl (C=O) groups excluding carboxylic acids is 2. The van der Waals surface area contributed by atoms with E-state index >= 15 is 0 Å². The first-order chi connectivity index (χ1) is 13.5. The number of likely N-dealkylation sites (N-methyl/N-ethyl adjacent to an activating group) is 1. The molecule has 0 bridgehead atoms. The first-order valence-electron chi connectivity index (χ1n) is 9.37. The number of aliphatic hydroxyl groups excluding tert-OH is 1. The maximum absolute atomic E-state index is 13.2. The van der Waals surface area contributed by atoms with E-state index in [1.165, 1.54) is 16.2 Å². The first kappa shape index (κ1) is 20.1. The Morgan fingerprint density at radius 1 is 1.04 bits per heavy atom. The molecule has 1 aromatic heterocycles. The molecule has 2 amide bonds. The smallest absolute Gasteiger partial charge is 0.282 e. The third kappa shape index (κ3) is 3.55. The van der Waals surface area contributed by atoms with Gasteiger partial charge in [0, 0.05) is 37.2 Å². The molecule has 7 heteroatoms. The minimum Gasteiger partial charge on any atom is -0.395 e. The van der Waals surface area contributed by atoms with Gasteiger partial charge in [0.1, 0.15) is 5.70 Å². The van der Waals surface area contributed by atoms with Gasteiger partial charge in [-0.05, 0) is 49.6 Å². The number of amides is 2. The third-order valence-corrected chi connectivity index (χ3v) is 5.77. The van der Waals surface area contributed by atoms with Crippen molar-refractivity contribution in [2.45, 2.75) is 13.8 Å². The zero-order valence-electron chi connectivity index (χ0n) is 16.4. The van der Waals surface area contributed by atoms with Crippen molar-refractivity contribution in [3.63, 3.8) is 0 Å². The van der Waals surface area contributed by atoms with Gasteiger partial charge in [-0.1, -0.05) is 6.07 Å². The molecule has 6 nitrogen and oxygen atoms in total. The number of carbonyl (C=O) groups is 2. The van der Waals surface area contributed by atoms with Crippen LogP contribution in [0.3, 0.4) is 0 Å². The van der Waals surface area contributed by atoms with Crippen LogP contribution in [0.2, 0.25) is 0 Å². The van der Waals surface area contributed by atoms with E-state index < -0.39 is 0 Å². The maximum Gasteiger partial charge on any atom is 0.282 e. The van der Waals surface area contributed by atoms with Crippen LogP contribution in [-0.2, 0) is 9.59 Å². The van der Waals surface area contributed by atoms with Crippen molar-refractivity contribution in [1.82, 2.24) is 4.90 Å². The Hall–Kier alpha value is -2.64. The number of nitrogens with zero attached hydrogens (tertiary/aromatic N) is 3. The van der Waals surface area contributed by atoms with Crippen molar-refractivity contribution in [3.8, 4) is 0 Å². The zero-order valence-corrected chi connectivity index (χ0v) is 17.2. The van der Waals surface area contributed by atoms with Crippen molar-refractivity contribution in [3.05, 3.63) is 52.4 Å². The number of aliphatic hydroxyl groups is 1. The fraction of sp³-hybridized carbons (Fsp3) is 0.333. The van der Waals surface area contributed by atoms with Crippen LogP contribution in [0.15, 0.2) is 47.5 Å². The van der Waals surface area contributed by atoms with Gasteiger partial charge in [0.15, 0.2) is 0 Å². The van der Waals surface area contributed by atoms with Crippen molar-refractivity contribution < 1.29 is 14.7 Å². The first-order valence-corrected chi connectivity index (χ1v) is 10.2. The largest absolute Gasteiger partial charge is 0.395 e. The van der Waals surface area contributed by atoms with Gasteiger partial charge in [0.2, 0.25) is 0 Å². The Morgan fingerprint density at radius 3 is 2.25 bits per heavy atom. The van der Waals surface area contributed by atoms with E-state index in [-0.39, 0.29) is 25.0 Å². The summed E-state index contributed by atoms with van der Waals surface area (Å²) < 4.78 is 0. The number of thiophene rings is 1. The molecule has 1 N–H and O–H groups in total. The van der Waals surface area contributed by atoms with Crippen molar-refractivity contribution in [2.24, 2.45) is 0 Å². The highest BCUT2D eigenvalue weighted by molar-refractivity contribution is 7.11. The fourth-order valence-corrected chi connectivity index (χ4v) is 4.18. The van der Waals surface area contributed by atoms with Gasteiger partial charge in [-0.2, -0.15) is 0 Å². The Bertz CT molecular complexity index is 871. The lowest BCUT2D eigenvalue weighted by atomic mass is 10.2. The highest BCUT2D eigenvalue weighted by atomic mass is 32.1. The Balaban J connectivity index is 1.99. The quantitative estimate of drug-likeness (QED) is 0.692. The summed E-state index contributed by atoms with van der Waals surface area (Å²) in [6.45, 7) is 6.13. The van der Waals surface area contributed by atoms with Crippen LogP contribution in [0.1, 0.15) is 18.7 Å². The molecule has 1 aliphatic heterocycles. The summed E-state index contributed by atoms with van der Waals surface area (Å²) in [6.07, 6.45) is 0. The van der Waals surface area contributed by atoms with E-state index in [4.69, 9.17) is 0 Å². The summed E-state index contributed by atoms with van der Waals surface area (Å²) >= 11 is 1.42. The molecule has 0 fully saturated rings. The van der Waals surface area contributed by atoms with E-state index in [1.807, 2.05) is 41.8 Å². The van der Waals surface area contributed by atoms with E-state index in [1.54, 1.807) is 11.9 Å². The van der Waals surface area contributed by atoms with Crippen molar-refractivity contribution >= 4 is 40.1 Å². The van der Waals surface area contributed by atoms with Crippen LogP contribution >= 0.6 is 11.3 Å². The lowest BCUT2D eigenvalue weighted by molar-refractivity contribution is -0.120. The molecule has 2 aromatic rings. The lowest BCUT2D eigenvalue weighted by Gasteiger charge is -2.23. The molecule has 0 radical (unpaired) electrons. The second-order valence-electron chi connectivity index (χ2n) is 6.48. The monoisotopic (exact) mass is 399 g/mol. The van der Waals surface area contributed by atoms with E-state index in [9.17, 15) is 14.7 Å². The van der Waals surface area contributed by atoms with Gasteiger partial charge < -0.3 is 14.9 Å². The minimum atomic E-state index is -0.361. The Labute approximate surface area is 169 Å². The van der Waals surface area contributed by atoms with Crippen LogP contribution in [0.4, 0.5) is 11.4 Å². The van der Waals surface area contributed by atoms with Crippen LogP contribution in [0.25, 0.3) is 5.57 Å². The van der Waals surface area contributed by atoms with E-state index in [2.05, 4.69) is 18.7 Å². The third-order valence-electron chi connectivity index (χ3n) is 4.88. The minimum absolute atomic E-state index is 0.0994. The topological polar surface area (TPSA) is 64.1 Å². The summed E-state index contributed by atoms with van der Waals surface area (Å²) in [5.74, 6) is -0.692. The van der Waals surface area contributed by atoms with Crippen molar-refractivity contribution in [1.29, 1.82) is 0 Å². The highest BCUT2D eigenvalue weighted by Gasteiger charge is 2.42. The predicted molar refractivity (Wildman–Crippen MR) is 113 cm³/mol. The standard InChI is InChI=1S/C21H25N3O3S/c1-4-23(5-2)15-8-10-16(11-9-15)24-20(26)18(17-7-6-14-28-17)19(21(24)27)22(3)12-13-25/h6-11,14,25H,4-5,12-13H2,1-3H3. The normalized spacial score (nSPS) is 14.2. The molecule has 0 atom stereocenters. The summed E-state index contributed by atoms with van der Waals surface area (Å²) in [7, 11) is 1.72. The molecule has 3 rings (SSSR count). The van der Waals surface area contributed by atoms with E-state index in [0.717, 1.165) is 23.7 Å². The SMILES string of the molecule is CCN(CC)c1ccc(N2C(=O)C(c3cccs3)=C(N(C)CCO)C2=O)cc1. The molecule has 0 saturated heterocycles. The van der Waals surface area contributed by atoms with Gasteiger partial charge in [-0.3, -0.25) is 9.59 Å². The number of anilines is 2. The van der Waals surface area contributed by atoms with Gasteiger partial charge in [-0.25, -0.2) is 4.90 Å². The number of hydrogen-bond acceptors (Lipinski definition) is 6. The number of imide groups is 1. The van der Waals surface area contributed by atoms with Crippen LogP contribution in [-0.4, -0.2) is 55.1 Å². The number of benzene rings is 1. The van der Waals surface area contributed by atoms with Gasteiger partial charge >= 0.3 is 0 Å². The summed E-state index contributed by atoms with van der Waals surface area (Å²) in [5.41, 5.74) is 2.32. The second kappa shape index (κ2) is 8.58. The average molecular weight is 400 g/mol. The van der Waals surface area contributed by atoms with Crippen LogP contribution in [0.5, 0.6) is 0 Å². The molecule has 148 valence electrons. The lowest BCUT2D eigenvalue weighted by Crippen LogP contribution is -2.35. The summed E-state index contributed by atoms with van der Waals surface area (Å²) in [6, 6.07) is 11.2. The molecular weight excluding hydrogens is 374 g/mol.